The van der Waals surface area contributed by atoms with Gasteiger partial charge in [-0.3, -0.25) is 10.1 Å². The molecule has 3 nitrogen and oxygen atoms in total. The van der Waals surface area contributed by atoms with Gasteiger partial charge in [0, 0.05) is 0 Å². The van der Waals surface area contributed by atoms with Crippen molar-refractivity contribution in [3.05, 3.63) is 46.0 Å². The summed E-state index contributed by atoms with van der Waals surface area (Å²) in [5, 5.41) is 9.93. The molecule has 1 aromatic carbocycles. The van der Waals surface area contributed by atoms with Crippen molar-refractivity contribution in [2.45, 2.75) is 12.7 Å². The van der Waals surface area contributed by atoms with Crippen LogP contribution in [0.4, 0.5) is 4.39 Å². The van der Waals surface area contributed by atoms with E-state index in [0.717, 1.165) is 0 Å². The highest BCUT2D eigenvalue weighted by Crippen LogP contribution is 2.05. The molecule has 0 saturated carbocycles. The van der Waals surface area contributed by atoms with E-state index in [2.05, 4.69) is 0 Å². The van der Waals surface area contributed by atoms with Crippen LogP contribution in [0.1, 0.15) is 5.56 Å². The Morgan fingerprint density at radius 3 is 2.50 bits per heavy atom. The van der Waals surface area contributed by atoms with E-state index in [1.807, 2.05) is 0 Å². The quantitative estimate of drug-likeness (QED) is 0.393. The number of nitrogens with zero attached hydrogens (tertiary/aromatic N) is 1. The molecule has 1 aromatic rings. The predicted octanol–water partition coefficient (Wildman–Crippen LogP) is 1.80. The van der Waals surface area contributed by atoms with Crippen molar-refractivity contribution in [3.8, 4) is 0 Å². The van der Waals surface area contributed by atoms with Crippen LogP contribution in [0.15, 0.2) is 30.3 Å². The van der Waals surface area contributed by atoms with E-state index in [1.165, 1.54) is 0 Å². The van der Waals surface area contributed by atoms with Crippen molar-refractivity contribution < 1.29 is 9.31 Å². The van der Waals surface area contributed by atoms with Gasteiger partial charge in [0.2, 0.25) is 0 Å². The van der Waals surface area contributed by atoms with Gasteiger partial charge in [-0.05, 0) is 5.56 Å². The van der Waals surface area contributed by atoms with Gasteiger partial charge in [-0.15, -0.1) is 0 Å². The van der Waals surface area contributed by atoms with Gasteiger partial charge in [0.25, 0.3) is 0 Å². The maximum atomic E-state index is 12.5. The molecule has 0 aromatic heterocycles. The summed E-state index contributed by atoms with van der Waals surface area (Å²) in [6.07, 6.45) is -2.15. The largest absolute Gasteiger partial charge is 0.353 e. The third kappa shape index (κ3) is 2.30. The van der Waals surface area contributed by atoms with E-state index >= 15 is 0 Å². The molecule has 4 heteroatoms. The van der Waals surface area contributed by atoms with Crippen molar-refractivity contribution in [2.24, 2.45) is 0 Å². The molecule has 64 valence electrons. The van der Waals surface area contributed by atoms with Gasteiger partial charge in [-0.2, -0.15) is 4.39 Å². The average Bonchev–Trinajstić information content (AvgIpc) is 2.06. The lowest BCUT2D eigenvalue weighted by atomic mass is 10.1. The molecule has 12 heavy (non-hydrogen) atoms. The van der Waals surface area contributed by atoms with Crippen LogP contribution in [0.3, 0.4) is 0 Å². The SMILES string of the molecule is O=[N+]([O-])C(F)Cc1ccccc1. The lowest BCUT2D eigenvalue weighted by molar-refractivity contribution is -0.552. The maximum Gasteiger partial charge on any atom is 0.353 e. The van der Waals surface area contributed by atoms with E-state index in [9.17, 15) is 14.5 Å². The molecular formula is C8H8FNO2. The highest BCUT2D eigenvalue weighted by Gasteiger charge is 2.17. The minimum atomic E-state index is -1.99. The molecule has 0 N–H and O–H groups in total. The fourth-order valence-corrected chi connectivity index (χ4v) is 0.883. The number of hydrogen-bond donors (Lipinski definition) is 0. The lowest BCUT2D eigenvalue weighted by Crippen LogP contribution is -2.15. The molecule has 0 spiro atoms. The first-order chi connectivity index (χ1) is 5.70. The van der Waals surface area contributed by atoms with E-state index in [1.54, 1.807) is 30.3 Å². The monoisotopic (exact) mass is 169 g/mol. The first-order valence-electron chi connectivity index (χ1n) is 3.51. The number of alkyl halides is 1. The minimum absolute atomic E-state index is 0.159. The lowest BCUT2D eigenvalue weighted by Gasteiger charge is -1.99. The molecule has 0 heterocycles. The second-order valence-corrected chi connectivity index (χ2v) is 2.41. The predicted molar refractivity (Wildman–Crippen MR) is 42.0 cm³/mol. The minimum Gasteiger partial charge on any atom is -0.262 e. The number of rotatable bonds is 3. The van der Waals surface area contributed by atoms with Gasteiger partial charge in [0.15, 0.2) is 0 Å². The van der Waals surface area contributed by atoms with Gasteiger partial charge < -0.3 is 0 Å². The van der Waals surface area contributed by atoms with Crippen molar-refractivity contribution in [3.63, 3.8) is 0 Å². The second-order valence-electron chi connectivity index (χ2n) is 2.41. The maximum absolute atomic E-state index is 12.5. The molecule has 0 aliphatic rings. The number of benzene rings is 1. The van der Waals surface area contributed by atoms with E-state index < -0.39 is 11.2 Å². The van der Waals surface area contributed by atoms with Crippen LogP contribution in [0.2, 0.25) is 0 Å². The van der Waals surface area contributed by atoms with Crippen LogP contribution >= 0.6 is 0 Å². The van der Waals surface area contributed by atoms with Gasteiger partial charge in [0.05, 0.1) is 11.3 Å². The molecule has 0 aliphatic heterocycles. The van der Waals surface area contributed by atoms with Gasteiger partial charge in [0.1, 0.15) is 0 Å². The van der Waals surface area contributed by atoms with Gasteiger partial charge in [-0.25, -0.2) is 0 Å². The second kappa shape index (κ2) is 3.80. The summed E-state index contributed by atoms with van der Waals surface area (Å²) in [6.45, 7) is 0. The zero-order chi connectivity index (χ0) is 8.97. The van der Waals surface area contributed by atoms with Gasteiger partial charge in [-0.1, -0.05) is 30.3 Å². The molecule has 0 bridgehead atoms. The first kappa shape index (κ1) is 8.64. The Hall–Kier alpha value is -1.45. The van der Waals surface area contributed by atoms with Crippen LogP contribution < -0.4 is 0 Å². The summed E-state index contributed by atoms with van der Waals surface area (Å²) >= 11 is 0. The van der Waals surface area contributed by atoms with Crippen LogP contribution in [0.5, 0.6) is 0 Å². The fraction of sp³-hybridized carbons (Fsp3) is 0.250. The zero-order valence-corrected chi connectivity index (χ0v) is 6.31. The smallest absolute Gasteiger partial charge is 0.262 e. The van der Waals surface area contributed by atoms with Crippen LogP contribution in [-0.2, 0) is 6.42 Å². The highest BCUT2D eigenvalue weighted by molar-refractivity contribution is 5.14. The Morgan fingerprint density at radius 1 is 1.42 bits per heavy atom. The number of hydrogen-bond acceptors (Lipinski definition) is 2. The zero-order valence-electron chi connectivity index (χ0n) is 6.31. The van der Waals surface area contributed by atoms with Crippen LogP contribution in [0, 0.1) is 10.1 Å². The molecule has 1 rings (SSSR count). The highest BCUT2D eigenvalue weighted by atomic mass is 19.1. The van der Waals surface area contributed by atoms with Crippen molar-refractivity contribution in [1.82, 2.24) is 0 Å². The van der Waals surface area contributed by atoms with E-state index in [4.69, 9.17) is 0 Å². The standard InChI is InChI=1S/C8H8FNO2/c9-8(10(11)12)6-7-4-2-1-3-5-7/h1-5,8H,6H2. The molecule has 1 atom stereocenters. The molecule has 0 fully saturated rings. The molecule has 1 unspecified atom stereocenters. The Morgan fingerprint density at radius 2 is 2.00 bits per heavy atom. The summed E-state index contributed by atoms with van der Waals surface area (Å²) in [7, 11) is 0. The Labute approximate surface area is 69.0 Å². The molecular weight excluding hydrogens is 161 g/mol. The third-order valence-electron chi connectivity index (χ3n) is 1.48. The summed E-state index contributed by atoms with van der Waals surface area (Å²) in [5.41, 5.74) is 0.640. The van der Waals surface area contributed by atoms with E-state index in [0.29, 0.717) is 5.56 Å². The molecule has 0 aliphatic carbocycles. The van der Waals surface area contributed by atoms with Crippen molar-refractivity contribution in [1.29, 1.82) is 0 Å². The van der Waals surface area contributed by atoms with E-state index in [-0.39, 0.29) is 6.42 Å². The summed E-state index contributed by atoms with van der Waals surface area (Å²) in [6, 6.07) is 8.55. The molecule has 0 radical (unpaired) electrons. The number of halogens is 1. The van der Waals surface area contributed by atoms with Crippen LogP contribution in [-0.4, -0.2) is 11.2 Å². The number of nitro groups is 1. The normalized spacial score (nSPS) is 12.4. The van der Waals surface area contributed by atoms with Gasteiger partial charge >= 0.3 is 6.30 Å². The van der Waals surface area contributed by atoms with Crippen molar-refractivity contribution in [2.75, 3.05) is 0 Å². The summed E-state index contributed by atoms with van der Waals surface area (Å²) < 4.78 is 12.5. The average molecular weight is 169 g/mol. The Kier molecular flexibility index (Phi) is 2.74. The van der Waals surface area contributed by atoms with Crippen LogP contribution in [0.25, 0.3) is 0 Å². The molecule has 0 saturated heterocycles. The Balaban J connectivity index is 2.58. The topological polar surface area (TPSA) is 43.1 Å². The Bertz CT molecular complexity index is 263. The first-order valence-corrected chi connectivity index (χ1v) is 3.51. The molecule has 0 amide bonds. The summed E-state index contributed by atoms with van der Waals surface area (Å²) in [4.78, 5) is 9.01. The summed E-state index contributed by atoms with van der Waals surface area (Å²) in [5.74, 6) is 0. The van der Waals surface area contributed by atoms with Crippen molar-refractivity contribution >= 4 is 0 Å². The third-order valence-corrected chi connectivity index (χ3v) is 1.48. The fourth-order valence-electron chi connectivity index (χ4n) is 0.883.